The van der Waals surface area contributed by atoms with E-state index in [2.05, 4.69) is 37.5 Å². The Balaban J connectivity index is 1.93. The zero-order valence-electron chi connectivity index (χ0n) is 11.4. The van der Waals surface area contributed by atoms with E-state index in [9.17, 15) is 4.79 Å². The highest BCUT2D eigenvalue weighted by Crippen LogP contribution is 2.39. The number of hydrogen-bond donors (Lipinski definition) is 2. The van der Waals surface area contributed by atoms with Crippen LogP contribution < -0.4 is 15.5 Å². The van der Waals surface area contributed by atoms with Gasteiger partial charge < -0.3 is 20.3 Å². The molecule has 1 fully saturated rings. The van der Waals surface area contributed by atoms with Crippen molar-refractivity contribution >= 4 is 33.2 Å². The molecule has 2 aliphatic rings. The summed E-state index contributed by atoms with van der Waals surface area (Å²) < 4.78 is 6.41. The quantitative estimate of drug-likeness (QED) is 0.882. The fourth-order valence-corrected chi connectivity index (χ4v) is 3.34. The summed E-state index contributed by atoms with van der Waals surface area (Å²) in [4.78, 5) is 14.3. The SMILES string of the molecule is CCNC1C(=O)Nc2cc(N3CCOCC3)c(Br)cc21. The Morgan fingerprint density at radius 2 is 2.20 bits per heavy atom. The predicted molar refractivity (Wildman–Crippen MR) is 82.2 cm³/mol. The van der Waals surface area contributed by atoms with Crippen molar-refractivity contribution in [3.8, 4) is 0 Å². The molecule has 5 nitrogen and oxygen atoms in total. The summed E-state index contributed by atoms with van der Waals surface area (Å²) in [6.07, 6.45) is 0. The predicted octanol–water partition coefficient (Wildman–Crippen LogP) is 1.89. The van der Waals surface area contributed by atoms with Crippen LogP contribution in [0.2, 0.25) is 0 Å². The molecule has 1 atom stereocenters. The molecule has 3 rings (SSSR count). The molecule has 1 saturated heterocycles. The fraction of sp³-hybridized carbons (Fsp3) is 0.500. The maximum atomic E-state index is 12.0. The van der Waals surface area contributed by atoms with E-state index in [0.29, 0.717) is 0 Å². The van der Waals surface area contributed by atoms with Crippen molar-refractivity contribution in [2.75, 3.05) is 43.1 Å². The van der Waals surface area contributed by atoms with Gasteiger partial charge in [0.05, 0.1) is 18.9 Å². The number of carbonyl (C=O) groups excluding carboxylic acids is 1. The summed E-state index contributed by atoms with van der Waals surface area (Å²) in [5.74, 6) is 0.0212. The Morgan fingerprint density at radius 3 is 2.90 bits per heavy atom. The molecule has 0 bridgehead atoms. The fourth-order valence-electron chi connectivity index (χ4n) is 2.72. The number of amides is 1. The molecule has 0 radical (unpaired) electrons. The van der Waals surface area contributed by atoms with E-state index in [0.717, 1.165) is 54.3 Å². The highest BCUT2D eigenvalue weighted by Gasteiger charge is 2.31. The number of morpholine rings is 1. The molecule has 1 amide bonds. The number of ether oxygens (including phenoxy) is 1. The maximum absolute atomic E-state index is 12.0. The second-order valence-electron chi connectivity index (χ2n) is 4.97. The average molecular weight is 340 g/mol. The molecule has 6 heteroatoms. The summed E-state index contributed by atoms with van der Waals surface area (Å²) in [7, 11) is 0. The van der Waals surface area contributed by atoms with Crippen molar-refractivity contribution in [3.63, 3.8) is 0 Å². The lowest BCUT2D eigenvalue weighted by atomic mass is 10.1. The van der Waals surface area contributed by atoms with Crippen molar-refractivity contribution < 1.29 is 9.53 Å². The third kappa shape index (κ3) is 2.43. The van der Waals surface area contributed by atoms with E-state index in [4.69, 9.17) is 4.74 Å². The second-order valence-corrected chi connectivity index (χ2v) is 5.82. The molecule has 1 aromatic rings. The number of benzene rings is 1. The largest absolute Gasteiger partial charge is 0.378 e. The lowest BCUT2D eigenvalue weighted by Crippen LogP contribution is -2.36. The van der Waals surface area contributed by atoms with Gasteiger partial charge in [-0.25, -0.2) is 0 Å². The van der Waals surface area contributed by atoms with Gasteiger partial charge in [-0.3, -0.25) is 4.79 Å². The molecule has 0 aromatic heterocycles. The van der Waals surface area contributed by atoms with Crippen molar-refractivity contribution in [3.05, 3.63) is 22.2 Å². The smallest absolute Gasteiger partial charge is 0.246 e. The van der Waals surface area contributed by atoms with Crippen LogP contribution in [0.3, 0.4) is 0 Å². The zero-order chi connectivity index (χ0) is 14.1. The lowest BCUT2D eigenvalue weighted by Gasteiger charge is -2.30. The maximum Gasteiger partial charge on any atom is 0.246 e. The number of fused-ring (bicyclic) bond motifs is 1. The van der Waals surface area contributed by atoms with Gasteiger partial charge in [-0.2, -0.15) is 0 Å². The standard InChI is InChI=1S/C14H18BrN3O2/c1-2-16-13-9-7-10(15)12(8-11(9)17-14(13)19)18-3-5-20-6-4-18/h7-8,13,16H,2-6H2,1H3,(H,17,19). The zero-order valence-corrected chi connectivity index (χ0v) is 13.0. The Labute approximate surface area is 126 Å². The number of nitrogens with one attached hydrogen (secondary N) is 2. The van der Waals surface area contributed by atoms with Gasteiger partial charge in [0.2, 0.25) is 5.91 Å². The average Bonchev–Trinajstić information content (AvgIpc) is 2.75. The summed E-state index contributed by atoms with van der Waals surface area (Å²) in [6.45, 7) is 6.01. The first-order valence-corrected chi connectivity index (χ1v) is 7.70. The topological polar surface area (TPSA) is 53.6 Å². The molecule has 0 spiro atoms. The van der Waals surface area contributed by atoms with E-state index in [1.807, 2.05) is 13.0 Å². The van der Waals surface area contributed by atoms with Crippen LogP contribution in [0.15, 0.2) is 16.6 Å². The van der Waals surface area contributed by atoms with Crippen molar-refractivity contribution in [1.29, 1.82) is 0 Å². The lowest BCUT2D eigenvalue weighted by molar-refractivity contribution is -0.117. The van der Waals surface area contributed by atoms with Crippen LogP contribution in [0.25, 0.3) is 0 Å². The van der Waals surface area contributed by atoms with Crippen LogP contribution in [0.4, 0.5) is 11.4 Å². The number of nitrogens with zero attached hydrogens (tertiary/aromatic N) is 1. The Bertz CT molecular complexity index is 529. The van der Waals surface area contributed by atoms with Crippen LogP contribution in [-0.2, 0) is 9.53 Å². The van der Waals surface area contributed by atoms with Crippen LogP contribution in [-0.4, -0.2) is 38.8 Å². The minimum atomic E-state index is -0.245. The minimum absolute atomic E-state index is 0.0212. The van der Waals surface area contributed by atoms with Gasteiger partial charge in [-0.1, -0.05) is 6.92 Å². The van der Waals surface area contributed by atoms with Gasteiger partial charge in [-0.15, -0.1) is 0 Å². The molecule has 2 N–H and O–H groups in total. The first-order valence-electron chi connectivity index (χ1n) is 6.91. The molecule has 2 aliphatic heterocycles. The highest BCUT2D eigenvalue weighted by atomic mass is 79.9. The monoisotopic (exact) mass is 339 g/mol. The molecular formula is C14H18BrN3O2. The third-order valence-electron chi connectivity index (χ3n) is 3.71. The molecule has 108 valence electrons. The molecule has 20 heavy (non-hydrogen) atoms. The van der Waals surface area contributed by atoms with Crippen LogP contribution in [0.5, 0.6) is 0 Å². The Kier molecular flexibility index (Phi) is 3.96. The summed E-state index contributed by atoms with van der Waals surface area (Å²) in [5, 5.41) is 6.17. The van der Waals surface area contributed by atoms with E-state index in [-0.39, 0.29) is 11.9 Å². The van der Waals surface area contributed by atoms with Crippen molar-refractivity contribution in [1.82, 2.24) is 5.32 Å². The number of likely N-dealkylation sites (N-methyl/N-ethyl adjacent to an activating group) is 1. The molecule has 0 saturated carbocycles. The van der Waals surface area contributed by atoms with Gasteiger partial charge in [0.25, 0.3) is 0 Å². The summed E-state index contributed by atoms with van der Waals surface area (Å²) in [6, 6.07) is 3.86. The van der Waals surface area contributed by atoms with Gasteiger partial charge in [0.15, 0.2) is 0 Å². The van der Waals surface area contributed by atoms with Crippen molar-refractivity contribution in [2.45, 2.75) is 13.0 Å². The number of hydrogen-bond acceptors (Lipinski definition) is 4. The van der Waals surface area contributed by atoms with Crippen LogP contribution in [0.1, 0.15) is 18.5 Å². The number of rotatable bonds is 3. The number of carbonyl (C=O) groups is 1. The molecule has 2 heterocycles. The molecular weight excluding hydrogens is 322 g/mol. The van der Waals surface area contributed by atoms with Crippen LogP contribution in [0, 0.1) is 0 Å². The van der Waals surface area contributed by atoms with E-state index < -0.39 is 0 Å². The third-order valence-corrected chi connectivity index (χ3v) is 4.35. The molecule has 0 aliphatic carbocycles. The summed E-state index contributed by atoms with van der Waals surface area (Å²) >= 11 is 3.63. The van der Waals surface area contributed by atoms with Crippen LogP contribution >= 0.6 is 15.9 Å². The Hall–Kier alpha value is -1.11. The van der Waals surface area contributed by atoms with Crippen molar-refractivity contribution in [2.24, 2.45) is 0 Å². The normalized spacial score (nSPS) is 21.8. The van der Waals surface area contributed by atoms with Gasteiger partial charge in [0.1, 0.15) is 6.04 Å². The Morgan fingerprint density at radius 1 is 1.45 bits per heavy atom. The highest BCUT2D eigenvalue weighted by molar-refractivity contribution is 9.10. The number of anilines is 2. The van der Waals surface area contributed by atoms with Gasteiger partial charge >= 0.3 is 0 Å². The van der Waals surface area contributed by atoms with E-state index >= 15 is 0 Å². The molecule has 1 aromatic carbocycles. The van der Waals surface area contributed by atoms with Gasteiger partial charge in [0, 0.05) is 28.8 Å². The molecule has 1 unspecified atom stereocenters. The minimum Gasteiger partial charge on any atom is -0.378 e. The summed E-state index contributed by atoms with van der Waals surface area (Å²) in [5.41, 5.74) is 3.04. The second kappa shape index (κ2) is 5.71. The van der Waals surface area contributed by atoms with Gasteiger partial charge in [-0.05, 0) is 34.6 Å². The van der Waals surface area contributed by atoms with E-state index in [1.165, 1.54) is 0 Å². The van der Waals surface area contributed by atoms with E-state index in [1.54, 1.807) is 0 Å². The first kappa shape index (κ1) is 13.9. The number of halogens is 1. The first-order chi connectivity index (χ1) is 9.70.